The Balaban J connectivity index is 1.68. The van der Waals surface area contributed by atoms with Gasteiger partial charge in [0.1, 0.15) is 16.9 Å². The van der Waals surface area contributed by atoms with Crippen molar-refractivity contribution in [2.75, 3.05) is 31.2 Å². The van der Waals surface area contributed by atoms with Gasteiger partial charge in [-0.3, -0.25) is 0 Å². The summed E-state index contributed by atoms with van der Waals surface area (Å²) in [5.41, 5.74) is 6.38. The third-order valence-electron chi connectivity index (χ3n) is 6.50. The minimum atomic E-state index is 0.416. The summed E-state index contributed by atoms with van der Waals surface area (Å²) in [5, 5.41) is 0. The lowest BCUT2D eigenvalue weighted by Gasteiger charge is -2.24. The van der Waals surface area contributed by atoms with E-state index in [1.54, 1.807) is 0 Å². The van der Waals surface area contributed by atoms with Crippen molar-refractivity contribution in [1.82, 2.24) is 19.5 Å². The number of ether oxygens (including phenoxy) is 1. The highest BCUT2D eigenvalue weighted by molar-refractivity contribution is 5.83. The number of morpholine rings is 1. The van der Waals surface area contributed by atoms with E-state index in [1.165, 1.54) is 0 Å². The molecule has 0 saturated carbocycles. The fraction of sp³-hybridized carbons (Fsp3) is 0.423. The van der Waals surface area contributed by atoms with Crippen LogP contribution in [0.3, 0.4) is 0 Å². The highest BCUT2D eigenvalue weighted by Crippen LogP contribution is 2.37. The van der Waals surface area contributed by atoms with Crippen LogP contribution in [0.4, 0.5) is 6.01 Å². The van der Waals surface area contributed by atoms with Gasteiger partial charge < -0.3 is 18.6 Å². The van der Waals surface area contributed by atoms with Crippen LogP contribution in [0, 0.1) is 13.8 Å². The summed E-state index contributed by atoms with van der Waals surface area (Å²) in [5.74, 6) is 0.671. The van der Waals surface area contributed by atoms with Crippen LogP contribution in [-0.4, -0.2) is 45.8 Å². The molecule has 1 aliphatic rings. The topological polar surface area (TPSA) is 69.2 Å². The van der Waals surface area contributed by atoms with Gasteiger partial charge in [0.15, 0.2) is 11.4 Å². The Morgan fingerprint density at radius 3 is 2.36 bits per heavy atom. The monoisotopic (exact) mass is 445 g/mol. The van der Waals surface area contributed by atoms with Gasteiger partial charge in [-0.1, -0.05) is 44.2 Å². The van der Waals surface area contributed by atoms with E-state index in [1.807, 2.05) is 25.1 Å². The molecular formula is C26H31N5O2. The molecule has 4 aromatic rings. The number of fused-ring (bicyclic) bond motifs is 1. The van der Waals surface area contributed by atoms with E-state index in [4.69, 9.17) is 24.1 Å². The summed E-state index contributed by atoms with van der Waals surface area (Å²) >= 11 is 0. The number of hydrogen-bond acceptors (Lipinski definition) is 6. The van der Waals surface area contributed by atoms with Gasteiger partial charge in [0.05, 0.1) is 18.9 Å². The van der Waals surface area contributed by atoms with E-state index in [9.17, 15) is 0 Å². The first-order chi connectivity index (χ1) is 16.1. The Kier molecular flexibility index (Phi) is 5.89. The fourth-order valence-corrected chi connectivity index (χ4v) is 4.61. The molecule has 0 atom stereocenters. The summed E-state index contributed by atoms with van der Waals surface area (Å²) < 4.78 is 14.2. The fourth-order valence-electron chi connectivity index (χ4n) is 4.61. The van der Waals surface area contributed by atoms with Crippen LogP contribution in [0.5, 0.6) is 0 Å². The zero-order chi connectivity index (χ0) is 22.9. The lowest BCUT2D eigenvalue weighted by Crippen LogP contribution is -2.36. The lowest BCUT2D eigenvalue weighted by atomic mass is 10.1. The molecule has 1 aromatic carbocycles. The van der Waals surface area contributed by atoms with Crippen molar-refractivity contribution in [2.45, 2.75) is 46.6 Å². The SMILES string of the molecule is CCC(CC)n1cc(C)c2nc(-c3oc(N4CCOCC4)nc3-c3ccccc3)c(C)nc21. The average Bonchev–Trinajstić information content (AvgIpc) is 3.42. The van der Waals surface area contributed by atoms with Gasteiger partial charge in [-0.25, -0.2) is 9.97 Å². The quantitative estimate of drug-likeness (QED) is 0.387. The number of nitrogens with zero attached hydrogens (tertiary/aromatic N) is 5. The molecule has 0 bridgehead atoms. The molecule has 0 radical (unpaired) electrons. The number of aromatic nitrogens is 4. The van der Waals surface area contributed by atoms with E-state index >= 15 is 0 Å². The number of benzene rings is 1. The molecule has 0 aliphatic carbocycles. The molecule has 4 heterocycles. The second-order valence-electron chi connectivity index (χ2n) is 8.66. The molecule has 0 unspecified atom stereocenters. The number of anilines is 1. The summed E-state index contributed by atoms with van der Waals surface area (Å²) in [4.78, 5) is 17.2. The van der Waals surface area contributed by atoms with Gasteiger partial charge in [-0.05, 0) is 32.3 Å². The van der Waals surface area contributed by atoms with Crippen LogP contribution in [0.2, 0.25) is 0 Å². The number of aryl methyl sites for hydroxylation is 2. The molecule has 33 heavy (non-hydrogen) atoms. The molecule has 3 aromatic heterocycles. The average molecular weight is 446 g/mol. The smallest absolute Gasteiger partial charge is 0.298 e. The first-order valence-corrected chi connectivity index (χ1v) is 11.9. The summed E-state index contributed by atoms with van der Waals surface area (Å²) in [7, 11) is 0. The van der Waals surface area contributed by atoms with Crippen molar-refractivity contribution < 1.29 is 9.15 Å². The molecule has 172 valence electrons. The third kappa shape index (κ3) is 3.91. The molecule has 1 fully saturated rings. The van der Waals surface area contributed by atoms with Crippen LogP contribution >= 0.6 is 0 Å². The maximum absolute atomic E-state index is 6.41. The van der Waals surface area contributed by atoms with Crippen molar-refractivity contribution in [3.05, 3.63) is 47.8 Å². The molecule has 0 spiro atoms. The van der Waals surface area contributed by atoms with Gasteiger partial charge in [0, 0.05) is 30.9 Å². The van der Waals surface area contributed by atoms with Crippen molar-refractivity contribution in [2.24, 2.45) is 0 Å². The maximum Gasteiger partial charge on any atom is 0.298 e. The van der Waals surface area contributed by atoms with Gasteiger partial charge in [0.25, 0.3) is 6.01 Å². The molecule has 5 rings (SSSR count). The summed E-state index contributed by atoms with van der Waals surface area (Å²) in [6, 6.07) is 11.2. The van der Waals surface area contributed by atoms with E-state index in [0.717, 1.165) is 65.3 Å². The van der Waals surface area contributed by atoms with E-state index < -0.39 is 0 Å². The van der Waals surface area contributed by atoms with E-state index in [-0.39, 0.29) is 0 Å². The Labute approximate surface area is 194 Å². The molecule has 1 saturated heterocycles. The van der Waals surface area contributed by atoms with Crippen molar-refractivity contribution in [3.8, 4) is 22.7 Å². The molecule has 7 nitrogen and oxygen atoms in total. The standard InChI is InChI=1S/C26H31N5O2/c1-5-20(6-2)31-16-17(3)21-25(31)27-18(4)22(28-21)24-23(19-10-8-7-9-11-19)29-26(33-24)30-12-14-32-15-13-30/h7-11,16,20H,5-6,12-15H2,1-4H3. The van der Waals surface area contributed by atoms with Crippen LogP contribution in [0.1, 0.15) is 44.0 Å². The Hall–Kier alpha value is -3.19. The lowest BCUT2D eigenvalue weighted by molar-refractivity contribution is 0.120. The van der Waals surface area contributed by atoms with Crippen molar-refractivity contribution >= 4 is 17.2 Å². The summed E-state index contributed by atoms with van der Waals surface area (Å²) in [6.07, 6.45) is 4.31. The first kappa shape index (κ1) is 21.6. The Morgan fingerprint density at radius 1 is 0.939 bits per heavy atom. The normalized spacial score (nSPS) is 14.5. The Morgan fingerprint density at radius 2 is 1.67 bits per heavy atom. The first-order valence-electron chi connectivity index (χ1n) is 11.9. The highest BCUT2D eigenvalue weighted by Gasteiger charge is 2.26. The molecule has 1 aliphatic heterocycles. The largest absolute Gasteiger partial charge is 0.421 e. The number of rotatable bonds is 6. The van der Waals surface area contributed by atoms with Crippen molar-refractivity contribution in [3.63, 3.8) is 0 Å². The van der Waals surface area contributed by atoms with Crippen LogP contribution < -0.4 is 4.90 Å². The van der Waals surface area contributed by atoms with E-state index in [0.29, 0.717) is 31.0 Å². The van der Waals surface area contributed by atoms with Gasteiger partial charge >= 0.3 is 0 Å². The second kappa shape index (κ2) is 8.98. The minimum Gasteiger partial charge on any atom is -0.421 e. The van der Waals surface area contributed by atoms with Gasteiger partial charge in [0.2, 0.25) is 0 Å². The molecule has 7 heteroatoms. The number of oxazole rings is 1. The van der Waals surface area contributed by atoms with Gasteiger partial charge in [-0.15, -0.1) is 0 Å². The number of hydrogen-bond donors (Lipinski definition) is 0. The van der Waals surface area contributed by atoms with Crippen LogP contribution in [-0.2, 0) is 4.74 Å². The van der Waals surface area contributed by atoms with Crippen LogP contribution in [0.15, 0.2) is 40.9 Å². The summed E-state index contributed by atoms with van der Waals surface area (Å²) in [6.45, 7) is 11.4. The van der Waals surface area contributed by atoms with Crippen molar-refractivity contribution in [1.29, 1.82) is 0 Å². The third-order valence-corrected chi connectivity index (χ3v) is 6.50. The van der Waals surface area contributed by atoms with E-state index in [2.05, 4.69) is 48.6 Å². The Bertz CT molecular complexity index is 1250. The van der Waals surface area contributed by atoms with Gasteiger partial charge in [-0.2, -0.15) is 4.98 Å². The highest BCUT2D eigenvalue weighted by atomic mass is 16.5. The zero-order valence-corrected chi connectivity index (χ0v) is 19.8. The second-order valence-corrected chi connectivity index (χ2v) is 8.66. The predicted molar refractivity (Wildman–Crippen MR) is 131 cm³/mol. The maximum atomic E-state index is 6.41. The zero-order valence-electron chi connectivity index (χ0n) is 19.8. The molecule has 0 N–H and O–H groups in total. The van der Waals surface area contributed by atoms with Crippen LogP contribution in [0.25, 0.3) is 33.9 Å². The molecule has 0 amide bonds. The minimum absolute atomic E-state index is 0.416. The predicted octanol–water partition coefficient (Wildman–Crippen LogP) is 5.57. The molecular weight excluding hydrogens is 414 g/mol.